The maximum atomic E-state index is 12.8. The largest absolute Gasteiger partial charge is 0.334 e. The van der Waals surface area contributed by atoms with Crippen LogP contribution >= 0.6 is 0 Å². The number of anilines is 1. The van der Waals surface area contributed by atoms with Gasteiger partial charge in [0.2, 0.25) is 0 Å². The van der Waals surface area contributed by atoms with Crippen molar-refractivity contribution in [1.82, 2.24) is 5.32 Å². The summed E-state index contributed by atoms with van der Waals surface area (Å²) in [5.74, 6) is 0.167. The molecule has 0 aliphatic carbocycles. The number of nitrogens with one attached hydrogen (secondary N) is 2. The molecule has 3 nitrogen and oxygen atoms in total. The molecule has 110 valence electrons. The van der Waals surface area contributed by atoms with Gasteiger partial charge in [0, 0.05) is 12.2 Å². The van der Waals surface area contributed by atoms with Gasteiger partial charge >= 0.3 is 6.03 Å². The van der Waals surface area contributed by atoms with E-state index in [1.807, 2.05) is 12.1 Å². The zero-order valence-corrected chi connectivity index (χ0v) is 12.2. The lowest BCUT2D eigenvalue weighted by Crippen LogP contribution is -2.28. The maximum Gasteiger partial charge on any atom is 0.319 e. The standard InChI is InChI=1S/C17H19FN2O/c1-12(2)14-5-3-13(4-6-14)11-19-17(21)20-16-9-7-15(18)8-10-16/h3-10,12H,11H2,1-2H3,(H2,19,20,21). The van der Waals surface area contributed by atoms with Crippen LogP contribution in [0.2, 0.25) is 0 Å². The van der Waals surface area contributed by atoms with Crippen LogP contribution in [-0.4, -0.2) is 6.03 Å². The van der Waals surface area contributed by atoms with Crippen molar-refractivity contribution in [3.05, 3.63) is 65.5 Å². The van der Waals surface area contributed by atoms with Crippen LogP contribution in [0.3, 0.4) is 0 Å². The van der Waals surface area contributed by atoms with Crippen LogP contribution in [-0.2, 0) is 6.54 Å². The summed E-state index contributed by atoms with van der Waals surface area (Å²) in [7, 11) is 0. The Labute approximate surface area is 124 Å². The summed E-state index contributed by atoms with van der Waals surface area (Å²) >= 11 is 0. The van der Waals surface area contributed by atoms with Gasteiger partial charge in [-0.25, -0.2) is 9.18 Å². The van der Waals surface area contributed by atoms with Gasteiger partial charge in [-0.2, -0.15) is 0 Å². The molecule has 4 heteroatoms. The minimum absolute atomic E-state index is 0.311. The van der Waals surface area contributed by atoms with Crippen LogP contribution < -0.4 is 10.6 Å². The molecule has 2 N–H and O–H groups in total. The van der Waals surface area contributed by atoms with Gasteiger partial charge in [-0.3, -0.25) is 0 Å². The number of hydrogen-bond acceptors (Lipinski definition) is 1. The van der Waals surface area contributed by atoms with E-state index in [0.29, 0.717) is 18.2 Å². The average Bonchev–Trinajstić information content (AvgIpc) is 2.48. The second kappa shape index (κ2) is 6.88. The molecule has 0 atom stereocenters. The van der Waals surface area contributed by atoms with Crippen LogP contribution in [0.4, 0.5) is 14.9 Å². The van der Waals surface area contributed by atoms with Crippen molar-refractivity contribution in [2.45, 2.75) is 26.3 Å². The van der Waals surface area contributed by atoms with E-state index < -0.39 is 0 Å². The number of benzene rings is 2. The van der Waals surface area contributed by atoms with Crippen molar-refractivity contribution in [3.8, 4) is 0 Å². The number of carbonyl (C=O) groups excluding carboxylic acids is 1. The predicted octanol–water partition coefficient (Wildman–Crippen LogP) is 4.27. The number of hydrogen-bond donors (Lipinski definition) is 2. The fraction of sp³-hybridized carbons (Fsp3) is 0.235. The molecule has 0 saturated heterocycles. The number of urea groups is 1. The zero-order chi connectivity index (χ0) is 15.2. The molecule has 2 rings (SSSR count). The summed E-state index contributed by atoms with van der Waals surface area (Å²) in [6, 6.07) is 13.5. The normalized spacial score (nSPS) is 10.5. The lowest BCUT2D eigenvalue weighted by atomic mass is 10.0. The maximum absolute atomic E-state index is 12.8. The van der Waals surface area contributed by atoms with Crippen LogP contribution in [0.5, 0.6) is 0 Å². The highest BCUT2D eigenvalue weighted by molar-refractivity contribution is 5.89. The van der Waals surface area contributed by atoms with Gasteiger partial charge in [0.25, 0.3) is 0 Å². The molecule has 0 spiro atoms. The van der Waals surface area contributed by atoms with Gasteiger partial charge in [-0.1, -0.05) is 38.1 Å². The number of halogens is 1. The zero-order valence-electron chi connectivity index (χ0n) is 12.2. The SMILES string of the molecule is CC(C)c1ccc(CNC(=O)Nc2ccc(F)cc2)cc1. The number of amides is 2. The predicted molar refractivity (Wildman–Crippen MR) is 82.8 cm³/mol. The summed E-state index contributed by atoms with van der Waals surface area (Å²) in [6.45, 7) is 4.73. The molecule has 21 heavy (non-hydrogen) atoms. The third-order valence-electron chi connectivity index (χ3n) is 3.20. The second-order valence-corrected chi connectivity index (χ2v) is 5.21. The van der Waals surface area contributed by atoms with Crippen molar-refractivity contribution in [2.75, 3.05) is 5.32 Å². The first kappa shape index (κ1) is 15.0. The first-order valence-electron chi connectivity index (χ1n) is 6.94. The summed E-state index contributed by atoms with van der Waals surface area (Å²) in [4.78, 5) is 11.7. The van der Waals surface area contributed by atoms with Crippen LogP contribution in [0.15, 0.2) is 48.5 Å². The van der Waals surface area contributed by atoms with E-state index in [1.165, 1.54) is 29.8 Å². The third kappa shape index (κ3) is 4.60. The first-order valence-corrected chi connectivity index (χ1v) is 6.94. The summed E-state index contributed by atoms with van der Waals surface area (Å²) in [5.41, 5.74) is 2.87. The minimum atomic E-state index is -0.328. The van der Waals surface area contributed by atoms with E-state index in [0.717, 1.165) is 5.56 Å². The van der Waals surface area contributed by atoms with Crippen molar-refractivity contribution in [2.24, 2.45) is 0 Å². The third-order valence-corrected chi connectivity index (χ3v) is 3.20. The van der Waals surface area contributed by atoms with Gasteiger partial charge in [0.1, 0.15) is 5.82 Å². The molecule has 0 aliphatic heterocycles. The van der Waals surface area contributed by atoms with Gasteiger partial charge in [-0.05, 0) is 41.3 Å². The van der Waals surface area contributed by atoms with E-state index in [-0.39, 0.29) is 11.8 Å². The minimum Gasteiger partial charge on any atom is -0.334 e. The Morgan fingerprint density at radius 1 is 1.05 bits per heavy atom. The van der Waals surface area contributed by atoms with E-state index in [4.69, 9.17) is 0 Å². The fourth-order valence-corrected chi connectivity index (χ4v) is 1.91. The molecule has 0 saturated carbocycles. The molecule has 0 aliphatic rings. The average molecular weight is 286 g/mol. The Bertz CT molecular complexity index is 591. The van der Waals surface area contributed by atoms with Gasteiger partial charge in [0.15, 0.2) is 0 Å². The lowest BCUT2D eigenvalue weighted by molar-refractivity contribution is 0.251. The first-order chi connectivity index (χ1) is 10.0. The summed E-state index contributed by atoms with van der Waals surface area (Å²) in [5, 5.41) is 5.42. The van der Waals surface area contributed by atoms with Crippen molar-refractivity contribution in [1.29, 1.82) is 0 Å². The Morgan fingerprint density at radius 2 is 1.67 bits per heavy atom. The van der Waals surface area contributed by atoms with Gasteiger partial charge < -0.3 is 10.6 Å². The van der Waals surface area contributed by atoms with Crippen molar-refractivity contribution < 1.29 is 9.18 Å². The van der Waals surface area contributed by atoms with E-state index in [1.54, 1.807) is 0 Å². The molecule has 0 unspecified atom stereocenters. The number of rotatable bonds is 4. The quantitative estimate of drug-likeness (QED) is 0.865. The topological polar surface area (TPSA) is 41.1 Å². The smallest absolute Gasteiger partial charge is 0.319 e. The van der Waals surface area contributed by atoms with Crippen LogP contribution in [0, 0.1) is 5.82 Å². The van der Waals surface area contributed by atoms with E-state index >= 15 is 0 Å². The van der Waals surface area contributed by atoms with Crippen molar-refractivity contribution >= 4 is 11.7 Å². The molecule has 0 bridgehead atoms. The Kier molecular flexibility index (Phi) is 4.93. The van der Waals surface area contributed by atoms with Crippen LogP contribution in [0.25, 0.3) is 0 Å². The monoisotopic (exact) mass is 286 g/mol. The summed E-state index contributed by atoms with van der Waals surface area (Å²) < 4.78 is 12.8. The molecular weight excluding hydrogens is 267 g/mol. The highest BCUT2D eigenvalue weighted by Crippen LogP contribution is 2.14. The molecule has 0 aromatic heterocycles. The molecule has 0 radical (unpaired) electrons. The summed E-state index contributed by atoms with van der Waals surface area (Å²) in [6.07, 6.45) is 0. The molecular formula is C17H19FN2O. The molecule has 2 amide bonds. The molecule has 2 aromatic carbocycles. The second-order valence-electron chi connectivity index (χ2n) is 5.21. The van der Waals surface area contributed by atoms with Gasteiger partial charge in [-0.15, -0.1) is 0 Å². The molecule has 2 aromatic rings. The van der Waals surface area contributed by atoms with Crippen LogP contribution in [0.1, 0.15) is 30.9 Å². The Hall–Kier alpha value is -2.36. The highest BCUT2D eigenvalue weighted by atomic mass is 19.1. The van der Waals surface area contributed by atoms with Gasteiger partial charge in [0.05, 0.1) is 0 Å². The molecule has 0 heterocycles. The lowest BCUT2D eigenvalue weighted by Gasteiger charge is -2.09. The molecule has 0 fully saturated rings. The van der Waals surface area contributed by atoms with Crippen molar-refractivity contribution in [3.63, 3.8) is 0 Å². The highest BCUT2D eigenvalue weighted by Gasteiger charge is 2.03. The fourth-order valence-electron chi connectivity index (χ4n) is 1.91. The van der Waals surface area contributed by atoms with E-state index in [9.17, 15) is 9.18 Å². The Balaban J connectivity index is 1.84. The number of carbonyl (C=O) groups is 1. The Morgan fingerprint density at radius 3 is 2.24 bits per heavy atom. The van der Waals surface area contributed by atoms with E-state index in [2.05, 4.69) is 36.6 Å².